The van der Waals surface area contributed by atoms with Crippen molar-refractivity contribution in [3.8, 4) is 0 Å². The summed E-state index contributed by atoms with van der Waals surface area (Å²) in [6.45, 7) is 6.74. The minimum atomic E-state index is -0.298. The van der Waals surface area contributed by atoms with Crippen molar-refractivity contribution in [2.45, 2.75) is 20.8 Å². The monoisotopic (exact) mass is 306 g/mol. The summed E-state index contributed by atoms with van der Waals surface area (Å²) in [5, 5.41) is 8.59. The summed E-state index contributed by atoms with van der Waals surface area (Å²) >= 11 is 1.30. The van der Waals surface area contributed by atoms with Crippen molar-refractivity contribution in [1.82, 2.24) is 15.6 Å². The number of nitrogens with zero attached hydrogens (tertiary/aromatic N) is 1. The number of thiazole rings is 1. The molecule has 0 aliphatic heterocycles. The topological polar surface area (TPSA) is 83.1 Å². The molecule has 1 heterocycles. The van der Waals surface area contributed by atoms with Crippen LogP contribution in [0.4, 0.5) is 9.93 Å². The van der Waals surface area contributed by atoms with Gasteiger partial charge in [-0.05, 0) is 38.5 Å². The second-order valence-electron chi connectivity index (χ2n) is 4.52. The molecule has 3 amide bonds. The van der Waals surface area contributed by atoms with Gasteiger partial charge in [0, 0.05) is 13.1 Å². The Morgan fingerprint density at radius 3 is 2.57 bits per heavy atom. The summed E-state index contributed by atoms with van der Waals surface area (Å²) in [6, 6.07) is 3.44. The molecule has 0 radical (unpaired) electrons. The number of anilines is 1. The van der Waals surface area contributed by atoms with E-state index < -0.39 is 0 Å². The molecule has 0 aliphatic rings. The maximum atomic E-state index is 12.1. The van der Waals surface area contributed by atoms with Crippen LogP contribution in [0.5, 0.6) is 0 Å². The van der Waals surface area contributed by atoms with Crippen LogP contribution in [-0.2, 0) is 0 Å². The van der Waals surface area contributed by atoms with Gasteiger partial charge in [0.05, 0.1) is 15.8 Å². The molecule has 0 saturated heterocycles. The lowest BCUT2D eigenvalue weighted by atomic mass is 10.1. The van der Waals surface area contributed by atoms with Gasteiger partial charge in [-0.3, -0.25) is 10.1 Å². The first-order valence-corrected chi connectivity index (χ1v) is 7.61. The van der Waals surface area contributed by atoms with Gasteiger partial charge in [-0.15, -0.1) is 0 Å². The standard InChI is InChI=1S/C14H18N4O2S/c1-4-15-12(19)9-6-8(3)7-10-11(9)21-14(17-10)18-13(20)16-5-2/h6-7H,4-5H2,1-3H3,(H,15,19)(H2,16,17,18,20). The van der Waals surface area contributed by atoms with E-state index in [4.69, 9.17) is 0 Å². The van der Waals surface area contributed by atoms with Gasteiger partial charge in [0.15, 0.2) is 5.13 Å². The second kappa shape index (κ2) is 6.53. The van der Waals surface area contributed by atoms with Crippen LogP contribution in [0.2, 0.25) is 0 Å². The Labute approximate surface area is 127 Å². The van der Waals surface area contributed by atoms with Crippen LogP contribution in [0.1, 0.15) is 29.8 Å². The predicted octanol–water partition coefficient (Wildman–Crippen LogP) is 2.50. The Hall–Kier alpha value is -2.15. The molecule has 1 aromatic heterocycles. The number of amides is 3. The fourth-order valence-electron chi connectivity index (χ4n) is 1.95. The van der Waals surface area contributed by atoms with Crippen LogP contribution in [0.25, 0.3) is 10.2 Å². The smallest absolute Gasteiger partial charge is 0.321 e. The Morgan fingerprint density at radius 2 is 1.90 bits per heavy atom. The van der Waals surface area contributed by atoms with Gasteiger partial charge >= 0.3 is 6.03 Å². The molecule has 0 spiro atoms. The maximum absolute atomic E-state index is 12.1. The van der Waals surface area contributed by atoms with Crippen LogP contribution < -0.4 is 16.0 Å². The van der Waals surface area contributed by atoms with Crippen molar-refractivity contribution >= 4 is 38.6 Å². The molecule has 0 bridgehead atoms. The number of aryl methyl sites for hydroxylation is 1. The van der Waals surface area contributed by atoms with Gasteiger partial charge in [-0.2, -0.15) is 0 Å². The van der Waals surface area contributed by atoms with Gasteiger partial charge in [0.25, 0.3) is 5.91 Å². The van der Waals surface area contributed by atoms with E-state index in [-0.39, 0.29) is 11.9 Å². The Morgan fingerprint density at radius 1 is 1.19 bits per heavy atom. The molecule has 7 heteroatoms. The number of aromatic nitrogens is 1. The molecule has 112 valence electrons. The van der Waals surface area contributed by atoms with Crippen LogP contribution in [-0.4, -0.2) is 30.0 Å². The summed E-state index contributed by atoms with van der Waals surface area (Å²) in [4.78, 5) is 28.0. The number of nitrogens with one attached hydrogen (secondary N) is 3. The summed E-state index contributed by atoms with van der Waals surface area (Å²) in [6.07, 6.45) is 0. The average Bonchev–Trinajstić information content (AvgIpc) is 2.80. The first-order valence-electron chi connectivity index (χ1n) is 6.79. The van der Waals surface area contributed by atoms with Gasteiger partial charge in [-0.25, -0.2) is 9.78 Å². The van der Waals surface area contributed by atoms with Crippen molar-refractivity contribution in [1.29, 1.82) is 0 Å². The van der Waals surface area contributed by atoms with Gasteiger partial charge < -0.3 is 10.6 Å². The Bertz CT molecular complexity index is 681. The van der Waals surface area contributed by atoms with Crippen LogP contribution >= 0.6 is 11.3 Å². The average molecular weight is 306 g/mol. The minimum Gasteiger partial charge on any atom is -0.352 e. The molecular weight excluding hydrogens is 288 g/mol. The molecule has 1 aromatic carbocycles. The zero-order chi connectivity index (χ0) is 15.4. The zero-order valence-corrected chi connectivity index (χ0v) is 13.1. The Kier molecular flexibility index (Phi) is 4.74. The van der Waals surface area contributed by atoms with Gasteiger partial charge in [-0.1, -0.05) is 11.3 Å². The third-order valence-electron chi connectivity index (χ3n) is 2.77. The van der Waals surface area contributed by atoms with E-state index in [0.717, 1.165) is 10.3 Å². The quantitative estimate of drug-likeness (QED) is 0.811. The third kappa shape index (κ3) is 3.49. The highest BCUT2D eigenvalue weighted by Crippen LogP contribution is 2.30. The van der Waals surface area contributed by atoms with Crippen LogP contribution in [0.3, 0.4) is 0 Å². The predicted molar refractivity (Wildman–Crippen MR) is 85.1 cm³/mol. The van der Waals surface area contributed by atoms with Crippen LogP contribution in [0, 0.1) is 6.92 Å². The molecule has 2 rings (SSSR count). The van der Waals surface area contributed by atoms with E-state index in [9.17, 15) is 9.59 Å². The minimum absolute atomic E-state index is 0.126. The third-order valence-corrected chi connectivity index (χ3v) is 3.79. The van der Waals surface area contributed by atoms with E-state index in [0.29, 0.717) is 29.3 Å². The highest BCUT2D eigenvalue weighted by atomic mass is 32.1. The normalized spacial score (nSPS) is 10.4. The highest BCUT2D eigenvalue weighted by molar-refractivity contribution is 7.22. The first-order chi connectivity index (χ1) is 10.0. The Balaban J connectivity index is 2.39. The largest absolute Gasteiger partial charge is 0.352 e. The maximum Gasteiger partial charge on any atom is 0.321 e. The summed E-state index contributed by atoms with van der Waals surface area (Å²) < 4.78 is 0.776. The summed E-state index contributed by atoms with van der Waals surface area (Å²) in [7, 11) is 0. The fraction of sp³-hybridized carbons (Fsp3) is 0.357. The number of urea groups is 1. The molecule has 0 unspecified atom stereocenters. The van der Waals surface area contributed by atoms with Crippen molar-refractivity contribution < 1.29 is 9.59 Å². The molecule has 0 aliphatic carbocycles. The van der Waals surface area contributed by atoms with Crippen molar-refractivity contribution in [2.24, 2.45) is 0 Å². The SMILES string of the molecule is CCNC(=O)Nc1nc2cc(C)cc(C(=O)NCC)c2s1. The number of hydrogen-bond acceptors (Lipinski definition) is 4. The highest BCUT2D eigenvalue weighted by Gasteiger charge is 2.15. The second-order valence-corrected chi connectivity index (χ2v) is 5.52. The molecule has 2 aromatic rings. The molecule has 6 nitrogen and oxygen atoms in total. The molecule has 0 fully saturated rings. The number of fused-ring (bicyclic) bond motifs is 1. The zero-order valence-electron chi connectivity index (χ0n) is 12.2. The van der Waals surface area contributed by atoms with Crippen LogP contribution in [0.15, 0.2) is 12.1 Å². The first kappa shape index (κ1) is 15.2. The lowest BCUT2D eigenvalue weighted by Gasteiger charge is -2.04. The van der Waals surface area contributed by atoms with E-state index in [1.165, 1.54) is 11.3 Å². The molecular formula is C14H18N4O2S. The van der Waals surface area contributed by atoms with E-state index in [1.807, 2.05) is 32.9 Å². The molecule has 3 N–H and O–H groups in total. The number of rotatable bonds is 4. The summed E-state index contributed by atoms with van der Waals surface area (Å²) in [5.41, 5.74) is 2.26. The van der Waals surface area contributed by atoms with Crippen molar-refractivity contribution in [2.75, 3.05) is 18.4 Å². The van der Waals surface area contributed by atoms with Gasteiger partial charge in [0.2, 0.25) is 0 Å². The number of benzene rings is 1. The number of carbonyl (C=O) groups is 2. The fourth-order valence-corrected chi connectivity index (χ4v) is 2.90. The number of carbonyl (C=O) groups excluding carboxylic acids is 2. The molecule has 0 saturated carbocycles. The number of hydrogen-bond donors (Lipinski definition) is 3. The molecule has 0 atom stereocenters. The lowest BCUT2D eigenvalue weighted by molar-refractivity contribution is 0.0957. The van der Waals surface area contributed by atoms with E-state index >= 15 is 0 Å². The van der Waals surface area contributed by atoms with E-state index in [2.05, 4.69) is 20.9 Å². The summed E-state index contributed by atoms with van der Waals surface area (Å²) in [5.74, 6) is -0.126. The lowest BCUT2D eigenvalue weighted by Crippen LogP contribution is -2.28. The van der Waals surface area contributed by atoms with Crippen molar-refractivity contribution in [3.05, 3.63) is 23.3 Å². The van der Waals surface area contributed by atoms with Crippen molar-refractivity contribution in [3.63, 3.8) is 0 Å². The van der Waals surface area contributed by atoms with E-state index in [1.54, 1.807) is 0 Å². The van der Waals surface area contributed by atoms with Gasteiger partial charge in [0.1, 0.15) is 0 Å². The molecule has 21 heavy (non-hydrogen) atoms.